The van der Waals surface area contributed by atoms with E-state index in [1.54, 1.807) is 0 Å². The van der Waals surface area contributed by atoms with Crippen LogP contribution in [0.3, 0.4) is 0 Å². The Bertz CT molecular complexity index is 454. The largest absolute Gasteiger partial charge is 0.471 e. The Morgan fingerprint density at radius 3 is 2.65 bits per heavy atom. The molecule has 0 unspecified atom stereocenters. The zero-order valence-corrected chi connectivity index (χ0v) is 9.34. The third-order valence-electron chi connectivity index (χ3n) is 2.90. The standard InChI is InChI=1S/C12H12F3NO/c1-8-2-3-9-4-5-16(7-10(9)6-8)11(17)12(13,14)15/h2-3,6H,4-5,7H2,1H3. The van der Waals surface area contributed by atoms with E-state index in [0.29, 0.717) is 6.42 Å². The molecule has 2 nitrogen and oxygen atoms in total. The van der Waals surface area contributed by atoms with Gasteiger partial charge in [-0.15, -0.1) is 0 Å². The van der Waals surface area contributed by atoms with E-state index in [0.717, 1.165) is 21.6 Å². The lowest BCUT2D eigenvalue weighted by Gasteiger charge is -2.29. The maximum atomic E-state index is 12.3. The molecule has 0 atom stereocenters. The zero-order valence-electron chi connectivity index (χ0n) is 9.34. The maximum absolute atomic E-state index is 12.3. The number of carbonyl (C=O) groups is 1. The van der Waals surface area contributed by atoms with Crippen LogP contribution in [0.25, 0.3) is 0 Å². The Hall–Kier alpha value is -1.52. The van der Waals surface area contributed by atoms with Crippen LogP contribution in [0.1, 0.15) is 16.7 Å². The molecule has 0 saturated carbocycles. The minimum absolute atomic E-state index is 0.0509. The van der Waals surface area contributed by atoms with E-state index >= 15 is 0 Å². The molecule has 1 aliphatic heterocycles. The number of benzene rings is 1. The van der Waals surface area contributed by atoms with Crippen molar-refractivity contribution in [2.45, 2.75) is 26.1 Å². The smallest absolute Gasteiger partial charge is 0.330 e. The van der Waals surface area contributed by atoms with Gasteiger partial charge >= 0.3 is 12.1 Å². The number of hydrogen-bond acceptors (Lipinski definition) is 1. The predicted octanol–water partition coefficient (Wildman–Crippen LogP) is 2.44. The highest BCUT2D eigenvalue weighted by atomic mass is 19.4. The molecule has 5 heteroatoms. The minimum Gasteiger partial charge on any atom is -0.330 e. The van der Waals surface area contributed by atoms with Crippen LogP contribution in [-0.4, -0.2) is 23.5 Å². The quantitative estimate of drug-likeness (QED) is 0.685. The summed E-state index contributed by atoms with van der Waals surface area (Å²) in [5.74, 6) is -1.75. The van der Waals surface area contributed by atoms with Gasteiger partial charge in [0.15, 0.2) is 0 Å². The number of nitrogens with zero attached hydrogens (tertiary/aromatic N) is 1. The summed E-state index contributed by atoms with van der Waals surface area (Å²) >= 11 is 0. The van der Waals surface area contributed by atoms with Gasteiger partial charge in [-0.3, -0.25) is 4.79 Å². The summed E-state index contributed by atoms with van der Waals surface area (Å²) in [6.45, 7) is 2.06. The molecule has 92 valence electrons. The van der Waals surface area contributed by atoms with E-state index in [2.05, 4.69) is 0 Å². The first kappa shape index (κ1) is 12.0. The summed E-state index contributed by atoms with van der Waals surface area (Å²) in [7, 11) is 0. The van der Waals surface area contributed by atoms with Crippen LogP contribution < -0.4 is 0 Å². The Balaban J connectivity index is 2.21. The van der Waals surface area contributed by atoms with Gasteiger partial charge in [0.1, 0.15) is 0 Å². The predicted molar refractivity (Wildman–Crippen MR) is 56.4 cm³/mol. The minimum atomic E-state index is -4.78. The van der Waals surface area contributed by atoms with Crippen molar-refractivity contribution < 1.29 is 18.0 Å². The molecule has 0 aromatic heterocycles. The zero-order chi connectivity index (χ0) is 12.6. The molecule has 0 bridgehead atoms. The van der Waals surface area contributed by atoms with Crippen LogP contribution in [0.2, 0.25) is 0 Å². The van der Waals surface area contributed by atoms with Gasteiger partial charge in [0.2, 0.25) is 0 Å². The van der Waals surface area contributed by atoms with Crippen LogP contribution in [-0.2, 0) is 17.8 Å². The molecule has 1 aliphatic rings. The van der Waals surface area contributed by atoms with Crippen molar-refractivity contribution in [3.63, 3.8) is 0 Å². The van der Waals surface area contributed by atoms with E-state index in [1.165, 1.54) is 0 Å². The molecule has 0 fully saturated rings. The second-order valence-electron chi connectivity index (χ2n) is 4.25. The number of hydrogen-bond donors (Lipinski definition) is 0. The second kappa shape index (κ2) is 4.05. The number of amides is 1. The molecular formula is C12H12F3NO. The average molecular weight is 243 g/mol. The van der Waals surface area contributed by atoms with Gasteiger partial charge in [0.05, 0.1) is 0 Å². The third-order valence-corrected chi connectivity index (χ3v) is 2.90. The lowest BCUT2D eigenvalue weighted by Crippen LogP contribution is -2.43. The molecule has 0 saturated heterocycles. The van der Waals surface area contributed by atoms with E-state index in [4.69, 9.17) is 0 Å². The van der Waals surface area contributed by atoms with Crippen molar-refractivity contribution in [1.29, 1.82) is 0 Å². The highest BCUT2D eigenvalue weighted by Gasteiger charge is 2.43. The number of rotatable bonds is 0. The fourth-order valence-corrected chi connectivity index (χ4v) is 2.04. The van der Waals surface area contributed by atoms with Crippen LogP contribution in [0, 0.1) is 6.92 Å². The second-order valence-corrected chi connectivity index (χ2v) is 4.25. The van der Waals surface area contributed by atoms with Crippen molar-refractivity contribution in [3.05, 3.63) is 34.9 Å². The topological polar surface area (TPSA) is 20.3 Å². The van der Waals surface area contributed by atoms with Crippen LogP contribution >= 0.6 is 0 Å². The van der Waals surface area contributed by atoms with Crippen molar-refractivity contribution in [3.8, 4) is 0 Å². The number of fused-ring (bicyclic) bond motifs is 1. The molecule has 0 radical (unpaired) electrons. The molecule has 0 N–H and O–H groups in total. The molecule has 1 aromatic carbocycles. The van der Waals surface area contributed by atoms with Crippen molar-refractivity contribution in [2.24, 2.45) is 0 Å². The van der Waals surface area contributed by atoms with Crippen molar-refractivity contribution in [2.75, 3.05) is 6.54 Å². The SMILES string of the molecule is Cc1ccc2c(c1)CN(C(=O)C(F)(F)F)CC2. The highest BCUT2D eigenvalue weighted by molar-refractivity contribution is 5.82. The normalized spacial score (nSPS) is 15.6. The van der Waals surface area contributed by atoms with Gasteiger partial charge < -0.3 is 4.90 Å². The van der Waals surface area contributed by atoms with Gasteiger partial charge in [-0.1, -0.05) is 23.8 Å². The van der Waals surface area contributed by atoms with Gasteiger partial charge in [-0.2, -0.15) is 13.2 Å². The van der Waals surface area contributed by atoms with Crippen LogP contribution in [0.4, 0.5) is 13.2 Å². The van der Waals surface area contributed by atoms with Gasteiger partial charge in [-0.05, 0) is 24.5 Å². The Morgan fingerprint density at radius 1 is 1.29 bits per heavy atom. The Morgan fingerprint density at radius 2 is 2.00 bits per heavy atom. The molecule has 2 rings (SSSR count). The molecule has 1 aromatic rings. The van der Waals surface area contributed by atoms with Crippen LogP contribution in [0.15, 0.2) is 18.2 Å². The fraction of sp³-hybridized carbons (Fsp3) is 0.417. The molecule has 17 heavy (non-hydrogen) atoms. The summed E-state index contributed by atoms with van der Waals surface area (Å²) < 4.78 is 36.9. The number of carbonyl (C=O) groups excluding carboxylic acids is 1. The van der Waals surface area contributed by atoms with E-state index in [1.807, 2.05) is 25.1 Å². The lowest BCUT2D eigenvalue weighted by atomic mass is 9.98. The average Bonchev–Trinajstić information content (AvgIpc) is 2.25. The lowest BCUT2D eigenvalue weighted by molar-refractivity contribution is -0.186. The summed E-state index contributed by atoms with van der Waals surface area (Å²) in [6.07, 6.45) is -4.29. The van der Waals surface area contributed by atoms with E-state index < -0.39 is 12.1 Å². The molecule has 1 heterocycles. The first-order valence-corrected chi connectivity index (χ1v) is 5.32. The fourth-order valence-electron chi connectivity index (χ4n) is 2.04. The molecular weight excluding hydrogens is 231 g/mol. The molecule has 1 amide bonds. The van der Waals surface area contributed by atoms with Crippen molar-refractivity contribution in [1.82, 2.24) is 4.90 Å². The van der Waals surface area contributed by atoms with Gasteiger partial charge in [0, 0.05) is 13.1 Å². The summed E-state index contributed by atoms with van der Waals surface area (Å²) in [5.41, 5.74) is 2.83. The van der Waals surface area contributed by atoms with Crippen LogP contribution in [0.5, 0.6) is 0 Å². The first-order chi connectivity index (χ1) is 7.88. The molecule has 0 spiro atoms. The number of aryl methyl sites for hydroxylation is 1. The summed E-state index contributed by atoms with van der Waals surface area (Å²) in [6, 6.07) is 5.69. The summed E-state index contributed by atoms with van der Waals surface area (Å²) in [4.78, 5) is 12.0. The van der Waals surface area contributed by atoms with E-state index in [-0.39, 0.29) is 13.1 Å². The summed E-state index contributed by atoms with van der Waals surface area (Å²) in [5, 5.41) is 0. The van der Waals surface area contributed by atoms with Gasteiger partial charge in [0.25, 0.3) is 0 Å². The third kappa shape index (κ3) is 2.43. The first-order valence-electron chi connectivity index (χ1n) is 5.32. The Kier molecular flexibility index (Phi) is 2.85. The molecule has 0 aliphatic carbocycles. The monoisotopic (exact) mass is 243 g/mol. The maximum Gasteiger partial charge on any atom is 0.471 e. The Labute approximate surface area is 97.0 Å². The van der Waals surface area contributed by atoms with Crippen molar-refractivity contribution >= 4 is 5.91 Å². The van der Waals surface area contributed by atoms with Gasteiger partial charge in [-0.25, -0.2) is 0 Å². The number of alkyl halides is 3. The van der Waals surface area contributed by atoms with E-state index in [9.17, 15) is 18.0 Å². The number of halogens is 3. The highest BCUT2D eigenvalue weighted by Crippen LogP contribution is 2.25.